The Hall–Kier alpha value is -2.60. The van der Waals surface area contributed by atoms with Gasteiger partial charge in [-0.1, -0.05) is 41.1 Å². The second-order valence-corrected chi connectivity index (χ2v) is 12.0. The highest BCUT2D eigenvalue weighted by Crippen LogP contribution is 2.32. The molecule has 1 N–H and O–H groups in total. The number of alkyl halides is 3. The van der Waals surface area contributed by atoms with Crippen LogP contribution in [0.25, 0.3) is 0 Å². The summed E-state index contributed by atoms with van der Waals surface area (Å²) >= 11 is 3.37. The molecule has 2 atom stereocenters. The molecule has 0 aliphatic heterocycles. The Morgan fingerprint density at radius 2 is 1.71 bits per heavy atom. The summed E-state index contributed by atoms with van der Waals surface area (Å²) in [5, 5.41) is 2.87. The van der Waals surface area contributed by atoms with Crippen LogP contribution < -0.4 is 9.62 Å². The average Bonchev–Trinajstić information content (AvgIpc) is 2.84. The van der Waals surface area contributed by atoms with Gasteiger partial charge in [0.2, 0.25) is 21.8 Å². The van der Waals surface area contributed by atoms with Gasteiger partial charge in [0.25, 0.3) is 0 Å². The lowest BCUT2D eigenvalue weighted by molar-refractivity contribution is -0.140. The van der Waals surface area contributed by atoms with Crippen molar-refractivity contribution in [3.8, 4) is 0 Å². The smallest absolute Gasteiger partial charge is 0.352 e. The van der Waals surface area contributed by atoms with Gasteiger partial charge in [0.05, 0.1) is 17.5 Å². The van der Waals surface area contributed by atoms with Crippen LogP contribution in [0.1, 0.15) is 51.2 Å². The Morgan fingerprint density at radius 3 is 2.26 bits per heavy atom. The standard InChI is InChI=1S/C26H33BrF3N3O4S/c1-5-18(2)31-25(35)19(3)32(17-20-11-13-22(27)14-12-20)24(34)10-7-15-33(38(4,36)37)23-9-6-8-21(16-23)26(28,29)30/h6,8-9,11-14,16,18-19H,5,7,10,15,17H2,1-4H3,(H,31,35)/t18-,19-/m1/s1. The first-order valence-electron chi connectivity index (χ1n) is 12.1. The maximum Gasteiger partial charge on any atom is 0.416 e. The molecule has 2 aromatic carbocycles. The van der Waals surface area contributed by atoms with E-state index in [1.54, 1.807) is 6.92 Å². The van der Waals surface area contributed by atoms with Gasteiger partial charge in [0.1, 0.15) is 6.04 Å². The Labute approximate surface area is 230 Å². The molecule has 210 valence electrons. The maximum atomic E-state index is 13.3. The summed E-state index contributed by atoms with van der Waals surface area (Å²) in [4.78, 5) is 27.5. The fourth-order valence-electron chi connectivity index (χ4n) is 3.68. The minimum Gasteiger partial charge on any atom is -0.352 e. The third-order valence-corrected chi connectivity index (χ3v) is 7.77. The van der Waals surface area contributed by atoms with E-state index >= 15 is 0 Å². The molecule has 0 radical (unpaired) electrons. The third kappa shape index (κ3) is 9.30. The predicted octanol–water partition coefficient (Wildman–Crippen LogP) is 5.35. The molecule has 0 spiro atoms. The van der Waals surface area contributed by atoms with Gasteiger partial charge in [-0.05, 0) is 62.6 Å². The van der Waals surface area contributed by atoms with Crippen molar-refractivity contribution >= 4 is 43.5 Å². The van der Waals surface area contributed by atoms with Gasteiger partial charge < -0.3 is 10.2 Å². The van der Waals surface area contributed by atoms with Gasteiger partial charge in [-0.15, -0.1) is 0 Å². The summed E-state index contributed by atoms with van der Waals surface area (Å²) < 4.78 is 66.0. The second kappa shape index (κ2) is 13.5. The molecule has 0 fully saturated rings. The Balaban J connectivity index is 2.21. The molecule has 38 heavy (non-hydrogen) atoms. The number of nitrogens with zero attached hydrogens (tertiary/aromatic N) is 2. The van der Waals surface area contributed by atoms with Crippen LogP contribution in [0.4, 0.5) is 18.9 Å². The van der Waals surface area contributed by atoms with Gasteiger partial charge in [0.15, 0.2) is 0 Å². The summed E-state index contributed by atoms with van der Waals surface area (Å²) in [6.07, 6.45) is -3.08. The fourth-order valence-corrected chi connectivity index (χ4v) is 4.90. The molecule has 2 rings (SSSR count). The highest BCUT2D eigenvalue weighted by molar-refractivity contribution is 9.10. The molecule has 0 aliphatic carbocycles. The Morgan fingerprint density at radius 1 is 1.08 bits per heavy atom. The topological polar surface area (TPSA) is 86.8 Å². The summed E-state index contributed by atoms with van der Waals surface area (Å²) in [7, 11) is -3.92. The summed E-state index contributed by atoms with van der Waals surface area (Å²) in [5.41, 5.74) is -0.309. The number of hydrogen-bond donors (Lipinski definition) is 1. The van der Waals surface area contributed by atoms with Crippen LogP contribution in [0.5, 0.6) is 0 Å². The van der Waals surface area contributed by atoms with E-state index in [4.69, 9.17) is 0 Å². The van der Waals surface area contributed by atoms with E-state index in [2.05, 4.69) is 21.2 Å². The van der Waals surface area contributed by atoms with Crippen LogP contribution in [0, 0.1) is 0 Å². The molecule has 2 aromatic rings. The number of anilines is 1. The zero-order chi connectivity index (χ0) is 28.7. The first-order chi connectivity index (χ1) is 17.6. The largest absolute Gasteiger partial charge is 0.416 e. The van der Waals surface area contributed by atoms with Crippen molar-refractivity contribution in [1.82, 2.24) is 10.2 Å². The van der Waals surface area contributed by atoms with Gasteiger partial charge >= 0.3 is 6.18 Å². The van der Waals surface area contributed by atoms with Crippen LogP contribution in [0.15, 0.2) is 53.0 Å². The second-order valence-electron chi connectivity index (χ2n) is 9.13. The van der Waals surface area contributed by atoms with E-state index in [-0.39, 0.29) is 49.5 Å². The SMILES string of the molecule is CC[C@@H](C)NC(=O)[C@@H](C)N(Cc1ccc(Br)cc1)C(=O)CCCN(c1cccc(C(F)(F)F)c1)S(C)(=O)=O. The van der Waals surface area contributed by atoms with E-state index in [0.717, 1.165) is 45.2 Å². The highest BCUT2D eigenvalue weighted by atomic mass is 79.9. The van der Waals surface area contributed by atoms with Gasteiger partial charge in [-0.25, -0.2) is 8.42 Å². The summed E-state index contributed by atoms with van der Waals surface area (Å²) in [6.45, 7) is 5.37. The lowest BCUT2D eigenvalue weighted by Gasteiger charge is -2.30. The molecule has 7 nitrogen and oxygen atoms in total. The normalized spacial score (nSPS) is 13.5. The average molecular weight is 621 g/mol. The molecule has 0 aliphatic rings. The van der Waals surface area contributed by atoms with E-state index < -0.39 is 27.8 Å². The van der Waals surface area contributed by atoms with Crippen molar-refractivity contribution in [1.29, 1.82) is 0 Å². The van der Waals surface area contributed by atoms with E-state index in [1.165, 1.54) is 11.0 Å². The molecule has 0 unspecified atom stereocenters. The molecule has 0 saturated heterocycles. The number of carbonyl (C=O) groups is 2. The number of hydrogen-bond acceptors (Lipinski definition) is 4. The molecular weight excluding hydrogens is 587 g/mol. The lowest BCUT2D eigenvalue weighted by atomic mass is 10.1. The summed E-state index contributed by atoms with van der Waals surface area (Å²) in [5.74, 6) is -0.691. The summed E-state index contributed by atoms with van der Waals surface area (Å²) in [6, 6.07) is 10.5. The van der Waals surface area contributed by atoms with E-state index in [9.17, 15) is 31.2 Å². The molecule has 0 bridgehead atoms. The van der Waals surface area contributed by atoms with Crippen molar-refractivity contribution in [2.45, 2.75) is 64.8 Å². The zero-order valence-electron chi connectivity index (χ0n) is 21.8. The quantitative estimate of drug-likeness (QED) is 0.347. The molecule has 0 heterocycles. The van der Waals surface area contributed by atoms with Crippen LogP contribution in [-0.4, -0.2) is 50.0 Å². The van der Waals surface area contributed by atoms with Gasteiger partial charge in [-0.3, -0.25) is 13.9 Å². The molecule has 2 amide bonds. The number of rotatable bonds is 12. The number of nitrogens with one attached hydrogen (secondary N) is 1. The van der Waals surface area contributed by atoms with Crippen LogP contribution >= 0.6 is 15.9 Å². The van der Waals surface area contributed by atoms with Crippen LogP contribution in [0.2, 0.25) is 0 Å². The highest BCUT2D eigenvalue weighted by Gasteiger charge is 2.32. The van der Waals surface area contributed by atoms with E-state index in [0.29, 0.717) is 0 Å². The van der Waals surface area contributed by atoms with Gasteiger partial charge in [0, 0.05) is 30.0 Å². The van der Waals surface area contributed by atoms with Crippen LogP contribution in [0.3, 0.4) is 0 Å². The van der Waals surface area contributed by atoms with Crippen molar-refractivity contribution in [3.05, 3.63) is 64.1 Å². The fraction of sp³-hybridized carbons (Fsp3) is 0.462. The van der Waals surface area contributed by atoms with Crippen molar-refractivity contribution in [2.24, 2.45) is 0 Å². The monoisotopic (exact) mass is 619 g/mol. The van der Waals surface area contributed by atoms with Crippen LogP contribution in [-0.2, 0) is 32.3 Å². The molecular formula is C26H33BrF3N3O4S. The number of sulfonamides is 1. The minimum atomic E-state index is -4.63. The number of benzene rings is 2. The lowest BCUT2D eigenvalue weighted by Crippen LogP contribution is -2.49. The molecule has 0 saturated carbocycles. The molecule has 0 aromatic heterocycles. The number of halogens is 4. The van der Waals surface area contributed by atoms with Crippen molar-refractivity contribution in [2.75, 3.05) is 17.1 Å². The Kier molecular flexibility index (Phi) is 11.2. The maximum absolute atomic E-state index is 13.3. The van der Waals surface area contributed by atoms with Crippen molar-refractivity contribution in [3.63, 3.8) is 0 Å². The van der Waals surface area contributed by atoms with Crippen molar-refractivity contribution < 1.29 is 31.2 Å². The third-order valence-electron chi connectivity index (χ3n) is 6.05. The predicted molar refractivity (Wildman–Crippen MR) is 145 cm³/mol. The Bertz CT molecular complexity index is 1210. The zero-order valence-corrected chi connectivity index (χ0v) is 24.2. The van der Waals surface area contributed by atoms with Gasteiger partial charge in [-0.2, -0.15) is 13.2 Å². The number of carbonyl (C=O) groups excluding carboxylic acids is 2. The first-order valence-corrected chi connectivity index (χ1v) is 14.8. The first kappa shape index (κ1) is 31.6. The molecule has 12 heteroatoms. The van der Waals surface area contributed by atoms with E-state index in [1.807, 2.05) is 38.1 Å². The number of amides is 2. The minimum absolute atomic E-state index is 0.0404.